The molecule has 21 heavy (non-hydrogen) atoms. The molecule has 1 aliphatic heterocycles. The van der Waals surface area contributed by atoms with Crippen LogP contribution in [0.1, 0.15) is 6.42 Å². The number of nitrogens with one attached hydrogen (secondary N) is 3. The maximum absolute atomic E-state index is 12.0. The number of hydrogen-bond donors (Lipinski definition) is 3. The van der Waals surface area contributed by atoms with Crippen LogP contribution in [0.2, 0.25) is 0 Å². The van der Waals surface area contributed by atoms with Gasteiger partial charge in [-0.15, -0.1) is 0 Å². The maximum Gasteiger partial charge on any atom is 0.319 e. The van der Waals surface area contributed by atoms with Crippen LogP contribution in [0.15, 0.2) is 54.1 Å². The molecule has 0 unspecified atom stereocenters. The van der Waals surface area contributed by atoms with Gasteiger partial charge in [0, 0.05) is 18.5 Å². The van der Waals surface area contributed by atoms with Crippen LogP contribution < -0.4 is 16.0 Å². The Kier molecular flexibility index (Phi) is 4.17. The normalized spacial score (nSPS) is 14.6. The second kappa shape index (κ2) is 6.41. The molecule has 1 heterocycles. The van der Waals surface area contributed by atoms with Crippen molar-refractivity contribution in [2.45, 2.75) is 6.42 Å². The molecule has 3 rings (SSSR count). The van der Waals surface area contributed by atoms with Gasteiger partial charge in [0.15, 0.2) is 0 Å². The molecule has 3 N–H and O–H groups in total. The van der Waals surface area contributed by atoms with Crippen LogP contribution in [-0.4, -0.2) is 25.7 Å². The highest BCUT2D eigenvalue weighted by atomic mass is 16.2. The van der Waals surface area contributed by atoms with E-state index in [0.717, 1.165) is 36.0 Å². The molecule has 0 aromatic heterocycles. The zero-order valence-electron chi connectivity index (χ0n) is 11.9. The molecule has 0 spiro atoms. The molecule has 4 nitrogen and oxygen atoms in total. The van der Waals surface area contributed by atoms with Gasteiger partial charge in [-0.1, -0.05) is 48.0 Å². The van der Waals surface area contributed by atoms with E-state index in [1.54, 1.807) is 0 Å². The Hall–Kier alpha value is -2.33. The highest BCUT2D eigenvalue weighted by molar-refractivity contribution is 6.01. The molecule has 0 aliphatic carbocycles. The van der Waals surface area contributed by atoms with Crippen molar-refractivity contribution in [1.82, 2.24) is 10.6 Å². The second-order valence-corrected chi connectivity index (χ2v) is 5.15. The predicted octanol–water partition coefficient (Wildman–Crippen LogP) is 2.88. The minimum Gasteiger partial charge on any atom is -0.334 e. The topological polar surface area (TPSA) is 53.2 Å². The summed E-state index contributed by atoms with van der Waals surface area (Å²) in [5.74, 6) is 0. The van der Waals surface area contributed by atoms with Crippen LogP contribution in [-0.2, 0) is 0 Å². The van der Waals surface area contributed by atoms with Crippen LogP contribution >= 0.6 is 0 Å². The zero-order chi connectivity index (χ0) is 14.5. The van der Waals surface area contributed by atoms with E-state index in [9.17, 15) is 4.79 Å². The van der Waals surface area contributed by atoms with Crippen molar-refractivity contribution >= 4 is 22.5 Å². The van der Waals surface area contributed by atoms with Crippen LogP contribution in [0.4, 0.5) is 10.5 Å². The summed E-state index contributed by atoms with van der Waals surface area (Å²) >= 11 is 0. The Bertz CT molecular complexity index is 673. The quantitative estimate of drug-likeness (QED) is 0.758. The molecule has 2 amide bonds. The third-order valence-electron chi connectivity index (χ3n) is 3.67. The Balaban J connectivity index is 1.65. The first-order chi connectivity index (χ1) is 10.3. The van der Waals surface area contributed by atoms with Crippen molar-refractivity contribution in [2.24, 2.45) is 0 Å². The molecule has 0 saturated carbocycles. The lowest BCUT2D eigenvalue weighted by molar-refractivity contribution is 0.252. The van der Waals surface area contributed by atoms with Gasteiger partial charge in [0.05, 0.1) is 5.69 Å². The molecule has 0 saturated heterocycles. The molecule has 4 heteroatoms. The lowest BCUT2D eigenvalue weighted by Crippen LogP contribution is -2.32. The fraction of sp³-hybridized carbons (Fsp3) is 0.235. The minimum absolute atomic E-state index is 0.161. The van der Waals surface area contributed by atoms with Crippen molar-refractivity contribution in [3.8, 4) is 0 Å². The SMILES string of the molecule is O=C(NCC1=CCNCC1)Nc1cccc2ccccc12. The molecule has 2 aromatic rings. The van der Waals surface area contributed by atoms with Gasteiger partial charge in [-0.05, 0) is 24.4 Å². The highest BCUT2D eigenvalue weighted by Crippen LogP contribution is 2.22. The number of hydrogen-bond acceptors (Lipinski definition) is 2. The van der Waals surface area contributed by atoms with Gasteiger partial charge >= 0.3 is 6.03 Å². The monoisotopic (exact) mass is 281 g/mol. The largest absolute Gasteiger partial charge is 0.334 e. The Morgan fingerprint density at radius 1 is 1.14 bits per heavy atom. The number of benzene rings is 2. The van der Waals surface area contributed by atoms with Crippen molar-refractivity contribution in [3.63, 3.8) is 0 Å². The first kappa shape index (κ1) is 13.6. The van der Waals surface area contributed by atoms with E-state index < -0.39 is 0 Å². The molecule has 0 atom stereocenters. The number of anilines is 1. The first-order valence-corrected chi connectivity index (χ1v) is 7.24. The van der Waals surface area contributed by atoms with Crippen molar-refractivity contribution < 1.29 is 4.79 Å². The highest BCUT2D eigenvalue weighted by Gasteiger charge is 2.07. The van der Waals surface area contributed by atoms with E-state index in [2.05, 4.69) is 22.0 Å². The predicted molar refractivity (Wildman–Crippen MR) is 86.5 cm³/mol. The van der Waals surface area contributed by atoms with Crippen LogP contribution in [0.25, 0.3) is 10.8 Å². The van der Waals surface area contributed by atoms with E-state index in [1.165, 1.54) is 5.57 Å². The third-order valence-corrected chi connectivity index (χ3v) is 3.67. The lowest BCUT2D eigenvalue weighted by atomic mass is 10.1. The van der Waals surface area contributed by atoms with Gasteiger partial charge < -0.3 is 16.0 Å². The number of urea groups is 1. The molecule has 0 bridgehead atoms. The Morgan fingerprint density at radius 2 is 2.00 bits per heavy atom. The summed E-state index contributed by atoms with van der Waals surface area (Å²) in [4.78, 5) is 12.0. The smallest absolute Gasteiger partial charge is 0.319 e. The number of fused-ring (bicyclic) bond motifs is 1. The Labute approximate surface area is 124 Å². The van der Waals surface area contributed by atoms with E-state index >= 15 is 0 Å². The van der Waals surface area contributed by atoms with Crippen molar-refractivity contribution in [2.75, 3.05) is 25.0 Å². The van der Waals surface area contributed by atoms with Gasteiger partial charge in [-0.2, -0.15) is 0 Å². The number of rotatable bonds is 3. The van der Waals surface area contributed by atoms with Crippen molar-refractivity contribution in [3.05, 3.63) is 54.1 Å². The zero-order valence-corrected chi connectivity index (χ0v) is 11.9. The fourth-order valence-electron chi connectivity index (χ4n) is 2.52. The van der Waals surface area contributed by atoms with E-state index in [0.29, 0.717) is 6.54 Å². The molecular formula is C17H19N3O. The summed E-state index contributed by atoms with van der Waals surface area (Å²) in [7, 11) is 0. The van der Waals surface area contributed by atoms with Crippen LogP contribution in [0.5, 0.6) is 0 Å². The number of carbonyl (C=O) groups is 1. The number of carbonyl (C=O) groups excluding carboxylic acids is 1. The van der Waals surface area contributed by atoms with Gasteiger partial charge in [0.25, 0.3) is 0 Å². The summed E-state index contributed by atoms with van der Waals surface area (Å²) in [5, 5.41) is 11.3. The minimum atomic E-state index is -0.161. The van der Waals surface area contributed by atoms with Crippen molar-refractivity contribution in [1.29, 1.82) is 0 Å². The average Bonchev–Trinajstić information content (AvgIpc) is 2.54. The van der Waals surface area contributed by atoms with Crippen LogP contribution in [0.3, 0.4) is 0 Å². The molecule has 0 fully saturated rings. The standard InChI is InChI=1S/C17H19N3O/c21-17(19-12-13-8-10-18-11-9-13)20-16-7-3-5-14-4-1-2-6-15(14)16/h1-8,18H,9-12H2,(H2,19,20,21). The van der Waals surface area contributed by atoms with Gasteiger partial charge in [0.1, 0.15) is 0 Å². The Morgan fingerprint density at radius 3 is 2.86 bits per heavy atom. The average molecular weight is 281 g/mol. The summed E-state index contributed by atoms with van der Waals surface area (Å²) in [6.45, 7) is 2.48. The molecule has 1 aliphatic rings. The van der Waals surface area contributed by atoms with E-state index in [4.69, 9.17) is 0 Å². The fourth-order valence-corrected chi connectivity index (χ4v) is 2.52. The third kappa shape index (κ3) is 3.41. The molecule has 0 radical (unpaired) electrons. The summed E-state index contributed by atoms with van der Waals surface area (Å²) in [6.07, 6.45) is 3.14. The number of amides is 2. The van der Waals surface area contributed by atoms with Gasteiger partial charge in [0.2, 0.25) is 0 Å². The lowest BCUT2D eigenvalue weighted by Gasteiger charge is -2.15. The first-order valence-electron chi connectivity index (χ1n) is 7.24. The van der Waals surface area contributed by atoms with Gasteiger partial charge in [-0.25, -0.2) is 4.79 Å². The summed E-state index contributed by atoms with van der Waals surface area (Å²) in [5.41, 5.74) is 2.12. The second-order valence-electron chi connectivity index (χ2n) is 5.15. The van der Waals surface area contributed by atoms with E-state index in [-0.39, 0.29) is 6.03 Å². The molecule has 108 valence electrons. The summed E-state index contributed by atoms with van der Waals surface area (Å²) < 4.78 is 0. The maximum atomic E-state index is 12.0. The van der Waals surface area contributed by atoms with E-state index in [1.807, 2.05) is 42.5 Å². The summed E-state index contributed by atoms with van der Waals surface area (Å²) in [6, 6.07) is 13.8. The molecular weight excluding hydrogens is 262 g/mol. The molecule has 2 aromatic carbocycles. The van der Waals surface area contributed by atoms with Gasteiger partial charge in [-0.3, -0.25) is 0 Å². The van der Waals surface area contributed by atoms with Crippen LogP contribution in [0, 0.1) is 0 Å².